The molecule has 2 rings (SSSR count). The van der Waals surface area contributed by atoms with E-state index >= 15 is 0 Å². The zero-order chi connectivity index (χ0) is 23.7. The molecule has 178 valence electrons. The molecule has 0 aliphatic rings. The van der Waals surface area contributed by atoms with Crippen LogP contribution in [-0.2, 0) is 0 Å². The second-order valence-corrected chi connectivity index (χ2v) is 8.81. The molecule has 0 saturated heterocycles. The first kappa shape index (κ1) is 25.9. The summed E-state index contributed by atoms with van der Waals surface area (Å²) in [7, 11) is 4.10. The minimum absolute atomic E-state index is 0.276. The van der Waals surface area contributed by atoms with E-state index in [1.54, 1.807) is 0 Å². The Hall–Kier alpha value is -2.35. The van der Waals surface area contributed by atoms with Gasteiger partial charge in [-0.15, -0.1) is 0 Å². The van der Waals surface area contributed by atoms with Gasteiger partial charge in [-0.25, -0.2) is 10.4 Å². The maximum Gasteiger partial charge on any atom is 0.0483 e. The second kappa shape index (κ2) is 12.6. The molecule has 7 nitrogen and oxygen atoms in total. The third-order valence-electron chi connectivity index (χ3n) is 6.57. The molecule has 0 amide bonds. The highest BCUT2D eigenvalue weighted by molar-refractivity contribution is 5.83. The molecule has 4 atom stereocenters. The molecule has 1 heterocycles. The van der Waals surface area contributed by atoms with E-state index in [1.165, 1.54) is 11.0 Å². The van der Waals surface area contributed by atoms with Crippen LogP contribution in [-0.4, -0.2) is 60.0 Å². The molecule has 0 aliphatic carbocycles. The highest BCUT2D eigenvalue weighted by Crippen LogP contribution is 2.21. The fourth-order valence-corrected chi connectivity index (χ4v) is 3.73. The normalized spacial score (nSPS) is 16.5. The zero-order valence-electron chi connectivity index (χ0n) is 21.1. The van der Waals surface area contributed by atoms with E-state index in [4.69, 9.17) is 0 Å². The van der Waals surface area contributed by atoms with Crippen molar-refractivity contribution >= 4 is 22.8 Å². The van der Waals surface area contributed by atoms with Gasteiger partial charge in [-0.1, -0.05) is 18.6 Å². The molecular formula is C25H43N7. The summed E-state index contributed by atoms with van der Waals surface area (Å²) in [5.74, 6) is 0.424. The maximum atomic E-state index is 4.38. The van der Waals surface area contributed by atoms with Crippen LogP contribution >= 0.6 is 0 Å². The Morgan fingerprint density at radius 2 is 1.91 bits per heavy atom. The topological polar surface area (TPSA) is 70.7 Å². The Morgan fingerprint density at radius 3 is 2.59 bits per heavy atom. The Kier molecular flexibility index (Phi) is 10.2. The third kappa shape index (κ3) is 7.36. The third-order valence-corrected chi connectivity index (χ3v) is 6.57. The number of hydrogen-bond acceptors (Lipinski definition) is 6. The largest absolute Gasteiger partial charge is 0.379 e. The second-order valence-electron chi connectivity index (χ2n) is 8.81. The van der Waals surface area contributed by atoms with Crippen molar-refractivity contribution in [2.75, 3.05) is 26.0 Å². The number of nitrogens with one attached hydrogen (secondary N) is 4. The number of rotatable bonds is 13. The number of hydrazine groups is 2. The van der Waals surface area contributed by atoms with Gasteiger partial charge in [0.15, 0.2) is 0 Å². The SMILES string of the molecule is C/C=N\N(C)[C@@H](C)[C@H](C)C(C)NNN(C)CCC(Nc1ccc2[nH]ccc2c1)/C(C)=C/C. The fraction of sp³-hybridized carbons (Fsp3) is 0.560. The van der Waals surface area contributed by atoms with Crippen LogP contribution in [0.4, 0.5) is 5.69 Å². The first-order chi connectivity index (χ1) is 15.3. The molecule has 1 aromatic heterocycles. The summed E-state index contributed by atoms with van der Waals surface area (Å²) >= 11 is 0. The molecule has 32 heavy (non-hydrogen) atoms. The van der Waals surface area contributed by atoms with Gasteiger partial charge < -0.3 is 10.3 Å². The number of aromatic amines is 1. The van der Waals surface area contributed by atoms with E-state index in [0.717, 1.165) is 24.2 Å². The van der Waals surface area contributed by atoms with Gasteiger partial charge in [-0.3, -0.25) is 5.01 Å². The predicted molar refractivity (Wildman–Crippen MR) is 139 cm³/mol. The van der Waals surface area contributed by atoms with Crippen LogP contribution in [0, 0.1) is 5.92 Å². The number of H-pyrrole nitrogens is 1. The lowest BCUT2D eigenvalue weighted by Crippen LogP contribution is -2.53. The predicted octanol–water partition coefficient (Wildman–Crippen LogP) is 4.60. The van der Waals surface area contributed by atoms with Gasteiger partial charge in [0.25, 0.3) is 0 Å². The molecular weight excluding hydrogens is 398 g/mol. The number of fused-ring (bicyclic) bond motifs is 1. The van der Waals surface area contributed by atoms with Crippen molar-refractivity contribution in [1.82, 2.24) is 26.0 Å². The molecule has 0 aliphatic heterocycles. The standard InChI is InChI=1S/C25H43N7/c1-9-18(3)24(28-23-11-12-25-22(17-23)13-15-26-25)14-16-31(7)30-29-20(5)19(4)21(6)32(8)27-10-2/h9-13,15,17,19-21,24,26,28-30H,14,16H2,1-8H3/b18-9+,27-10-/t19-,20?,21+,24?/m1/s1. The van der Waals surface area contributed by atoms with Crippen LogP contribution < -0.4 is 16.3 Å². The van der Waals surface area contributed by atoms with Gasteiger partial charge in [0.05, 0.1) is 0 Å². The lowest BCUT2D eigenvalue weighted by Gasteiger charge is -2.33. The van der Waals surface area contributed by atoms with Crippen LogP contribution in [0.15, 0.2) is 47.2 Å². The summed E-state index contributed by atoms with van der Waals surface area (Å²) in [5.41, 5.74) is 10.5. The van der Waals surface area contributed by atoms with Crippen LogP contribution in [0.2, 0.25) is 0 Å². The van der Waals surface area contributed by atoms with Crippen LogP contribution in [0.1, 0.15) is 48.0 Å². The van der Waals surface area contributed by atoms with Crippen molar-refractivity contribution in [3.05, 3.63) is 42.1 Å². The number of hydrazone groups is 1. The average molecular weight is 442 g/mol. The summed E-state index contributed by atoms with van der Waals surface area (Å²) in [4.78, 5) is 3.25. The summed E-state index contributed by atoms with van der Waals surface area (Å²) in [6.07, 6.45) is 6.99. The highest BCUT2D eigenvalue weighted by atomic mass is 15.7. The van der Waals surface area contributed by atoms with Gasteiger partial charge >= 0.3 is 0 Å². The van der Waals surface area contributed by atoms with Crippen molar-refractivity contribution in [2.45, 2.75) is 66.1 Å². The van der Waals surface area contributed by atoms with E-state index in [0.29, 0.717) is 18.0 Å². The average Bonchev–Trinajstić information content (AvgIpc) is 3.26. The highest BCUT2D eigenvalue weighted by Gasteiger charge is 2.22. The van der Waals surface area contributed by atoms with E-state index in [2.05, 4.69) is 103 Å². The number of allylic oxidation sites excluding steroid dienone is 1. The van der Waals surface area contributed by atoms with E-state index in [1.807, 2.05) is 31.4 Å². The molecule has 2 unspecified atom stereocenters. The Balaban J connectivity index is 1.86. The van der Waals surface area contributed by atoms with Gasteiger partial charge in [0.2, 0.25) is 0 Å². The lowest BCUT2D eigenvalue weighted by molar-refractivity contribution is 0.127. The van der Waals surface area contributed by atoms with Gasteiger partial charge in [0, 0.05) is 67.8 Å². The van der Waals surface area contributed by atoms with Gasteiger partial charge in [-0.05, 0) is 71.2 Å². The molecule has 4 N–H and O–H groups in total. The summed E-state index contributed by atoms with van der Waals surface area (Å²) in [5, 5.41) is 13.5. The summed E-state index contributed by atoms with van der Waals surface area (Å²) in [6, 6.07) is 9.49. The zero-order valence-corrected chi connectivity index (χ0v) is 21.1. The van der Waals surface area contributed by atoms with Crippen LogP contribution in [0.25, 0.3) is 10.9 Å². The Labute approximate surface area is 194 Å². The molecule has 0 fully saturated rings. The smallest absolute Gasteiger partial charge is 0.0483 e. The molecule has 7 heteroatoms. The summed E-state index contributed by atoms with van der Waals surface area (Å²) < 4.78 is 0. The lowest BCUT2D eigenvalue weighted by atomic mass is 9.96. The van der Waals surface area contributed by atoms with Gasteiger partial charge in [-0.2, -0.15) is 10.6 Å². The van der Waals surface area contributed by atoms with Crippen LogP contribution in [0.3, 0.4) is 0 Å². The maximum absolute atomic E-state index is 4.38. The molecule has 0 bridgehead atoms. The molecule has 1 aromatic carbocycles. The number of hydrogen-bond donors (Lipinski definition) is 4. The van der Waals surface area contributed by atoms with Crippen molar-refractivity contribution in [2.24, 2.45) is 11.0 Å². The van der Waals surface area contributed by atoms with Crippen molar-refractivity contribution in [3.8, 4) is 0 Å². The first-order valence-electron chi connectivity index (χ1n) is 11.7. The van der Waals surface area contributed by atoms with Crippen molar-refractivity contribution in [1.29, 1.82) is 0 Å². The number of nitrogens with zero attached hydrogens (tertiary/aromatic N) is 3. The van der Waals surface area contributed by atoms with Gasteiger partial charge in [0.1, 0.15) is 0 Å². The van der Waals surface area contributed by atoms with Crippen molar-refractivity contribution in [3.63, 3.8) is 0 Å². The summed E-state index contributed by atoms with van der Waals surface area (Å²) in [6.45, 7) is 13.8. The number of aromatic nitrogens is 1. The Bertz CT molecular complexity index is 872. The molecule has 2 aromatic rings. The minimum atomic E-state index is 0.276. The minimum Gasteiger partial charge on any atom is -0.379 e. The quantitative estimate of drug-likeness (QED) is 0.208. The monoisotopic (exact) mass is 441 g/mol. The molecule has 0 saturated carbocycles. The van der Waals surface area contributed by atoms with Crippen molar-refractivity contribution < 1.29 is 0 Å². The van der Waals surface area contributed by atoms with E-state index in [9.17, 15) is 0 Å². The Morgan fingerprint density at radius 1 is 1.16 bits per heavy atom. The number of anilines is 1. The first-order valence-corrected chi connectivity index (χ1v) is 11.7. The molecule has 0 spiro atoms. The molecule has 0 radical (unpaired) electrons. The fourth-order valence-electron chi connectivity index (χ4n) is 3.73. The van der Waals surface area contributed by atoms with E-state index < -0.39 is 0 Å². The van der Waals surface area contributed by atoms with E-state index in [-0.39, 0.29) is 6.04 Å². The number of benzene rings is 1. The van der Waals surface area contributed by atoms with Crippen LogP contribution in [0.5, 0.6) is 0 Å².